The third-order valence-corrected chi connectivity index (χ3v) is 4.62. The summed E-state index contributed by atoms with van der Waals surface area (Å²) >= 11 is 0. The fraction of sp³-hybridized carbons (Fsp3) is 0.250. The van der Waals surface area contributed by atoms with Crippen molar-refractivity contribution in [1.29, 1.82) is 0 Å². The Morgan fingerprint density at radius 1 is 1.00 bits per heavy atom. The number of nitrogens with one attached hydrogen (secondary N) is 3. The summed E-state index contributed by atoms with van der Waals surface area (Å²) in [6.45, 7) is 2.05. The van der Waals surface area contributed by atoms with Crippen LogP contribution in [0, 0.1) is 0 Å². The van der Waals surface area contributed by atoms with Gasteiger partial charge in [0.2, 0.25) is 0 Å². The number of anilines is 2. The SMILES string of the molecule is Cl.O=C(Nc1ccccn1)c1ccc(NC2CCNCC2)c2cccnc12. The first-order valence-electron chi connectivity index (χ1n) is 8.88. The minimum absolute atomic E-state index is 0. The van der Waals surface area contributed by atoms with Gasteiger partial charge in [-0.2, -0.15) is 0 Å². The fourth-order valence-electron chi connectivity index (χ4n) is 3.29. The van der Waals surface area contributed by atoms with Crippen molar-refractivity contribution in [3.63, 3.8) is 0 Å². The Hall–Kier alpha value is -2.70. The zero-order chi connectivity index (χ0) is 17.8. The molecule has 6 nitrogen and oxygen atoms in total. The molecule has 0 unspecified atom stereocenters. The first-order chi connectivity index (χ1) is 12.8. The summed E-state index contributed by atoms with van der Waals surface area (Å²) in [6.07, 6.45) is 5.54. The summed E-state index contributed by atoms with van der Waals surface area (Å²) in [7, 11) is 0. The predicted molar refractivity (Wildman–Crippen MR) is 111 cm³/mol. The highest BCUT2D eigenvalue weighted by atomic mass is 35.5. The average Bonchev–Trinajstić information content (AvgIpc) is 2.70. The van der Waals surface area contributed by atoms with E-state index in [-0.39, 0.29) is 18.3 Å². The predicted octanol–water partition coefficient (Wildman–Crippen LogP) is 3.47. The molecule has 0 saturated carbocycles. The molecule has 3 aromatic rings. The lowest BCUT2D eigenvalue weighted by Crippen LogP contribution is -2.35. The van der Waals surface area contributed by atoms with Crippen LogP contribution in [0.15, 0.2) is 54.9 Å². The standard InChI is InChI=1S/C20H21N5O.ClH/c26-20(25-18-5-1-2-10-22-18)16-6-7-17(15-4-3-11-23-19(15)16)24-14-8-12-21-13-9-14;/h1-7,10-11,14,21,24H,8-9,12-13H2,(H,22,25,26);1H. The van der Waals surface area contributed by atoms with Crippen LogP contribution in [-0.4, -0.2) is 35.0 Å². The maximum Gasteiger partial charge on any atom is 0.259 e. The zero-order valence-corrected chi connectivity index (χ0v) is 15.6. The van der Waals surface area contributed by atoms with E-state index in [1.54, 1.807) is 18.5 Å². The van der Waals surface area contributed by atoms with Gasteiger partial charge in [-0.3, -0.25) is 9.78 Å². The summed E-state index contributed by atoms with van der Waals surface area (Å²) in [5.74, 6) is 0.319. The average molecular weight is 384 g/mol. The summed E-state index contributed by atoms with van der Waals surface area (Å²) in [4.78, 5) is 21.3. The number of pyridine rings is 2. The number of halogens is 1. The molecule has 1 saturated heterocycles. The minimum atomic E-state index is -0.208. The van der Waals surface area contributed by atoms with Gasteiger partial charge >= 0.3 is 0 Å². The number of carbonyl (C=O) groups excluding carboxylic acids is 1. The summed E-state index contributed by atoms with van der Waals surface area (Å²) < 4.78 is 0. The Morgan fingerprint density at radius 2 is 1.81 bits per heavy atom. The summed E-state index contributed by atoms with van der Waals surface area (Å²) in [6, 6.07) is 13.6. The summed E-state index contributed by atoms with van der Waals surface area (Å²) in [5, 5.41) is 10.8. The number of fused-ring (bicyclic) bond motifs is 1. The van der Waals surface area contributed by atoms with Crippen molar-refractivity contribution in [2.75, 3.05) is 23.7 Å². The van der Waals surface area contributed by atoms with Crippen LogP contribution in [0.5, 0.6) is 0 Å². The molecule has 0 bridgehead atoms. The van der Waals surface area contributed by atoms with Crippen LogP contribution < -0.4 is 16.0 Å². The number of aromatic nitrogens is 2. The highest BCUT2D eigenvalue weighted by Crippen LogP contribution is 2.27. The molecule has 3 N–H and O–H groups in total. The first kappa shape index (κ1) is 19.1. The quantitative estimate of drug-likeness (QED) is 0.643. The van der Waals surface area contributed by atoms with E-state index in [9.17, 15) is 4.79 Å². The molecule has 0 radical (unpaired) electrons. The first-order valence-corrected chi connectivity index (χ1v) is 8.88. The molecule has 1 aliphatic rings. The molecule has 2 aromatic heterocycles. The second-order valence-electron chi connectivity index (χ2n) is 6.40. The van der Waals surface area contributed by atoms with Gasteiger partial charge in [-0.05, 0) is 62.3 Å². The number of hydrogen-bond donors (Lipinski definition) is 3. The maximum atomic E-state index is 12.7. The minimum Gasteiger partial charge on any atom is -0.382 e. The van der Waals surface area contributed by atoms with Crippen LogP contribution in [-0.2, 0) is 0 Å². The number of piperidine rings is 1. The molecule has 1 amide bonds. The molecular formula is C20H22ClN5O. The number of rotatable bonds is 4. The molecule has 7 heteroatoms. The van der Waals surface area contributed by atoms with E-state index in [1.807, 2.05) is 36.4 Å². The topological polar surface area (TPSA) is 78.9 Å². The second kappa shape index (κ2) is 8.79. The van der Waals surface area contributed by atoms with Crippen LogP contribution in [0.4, 0.5) is 11.5 Å². The smallest absolute Gasteiger partial charge is 0.259 e. The molecule has 0 atom stereocenters. The van der Waals surface area contributed by atoms with E-state index in [0.717, 1.165) is 37.0 Å². The van der Waals surface area contributed by atoms with Crippen molar-refractivity contribution in [2.45, 2.75) is 18.9 Å². The number of amides is 1. The van der Waals surface area contributed by atoms with Gasteiger partial charge in [0.25, 0.3) is 5.91 Å². The van der Waals surface area contributed by atoms with Gasteiger partial charge in [0, 0.05) is 29.5 Å². The molecule has 27 heavy (non-hydrogen) atoms. The van der Waals surface area contributed by atoms with Gasteiger partial charge < -0.3 is 16.0 Å². The lowest BCUT2D eigenvalue weighted by atomic mass is 10.0. The van der Waals surface area contributed by atoms with Gasteiger partial charge in [0.1, 0.15) is 5.82 Å². The number of carbonyl (C=O) groups is 1. The Kier molecular flexibility index (Phi) is 6.21. The van der Waals surface area contributed by atoms with Gasteiger partial charge in [0.05, 0.1) is 11.1 Å². The molecule has 0 aliphatic carbocycles. The van der Waals surface area contributed by atoms with Crippen molar-refractivity contribution in [3.05, 3.63) is 60.4 Å². The fourth-order valence-corrected chi connectivity index (χ4v) is 3.29. The van der Waals surface area contributed by atoms with E-state index < -0.39 is 0 Å². The molecule has 0 spiro atoms. The third kappa shape index (κ3) is 4.35. The maximum absolute atomic E-state index is 12.7. The second-order valence-corrected chi connectivity index (χ2v) is 6.40. The highest BCUT2D eigenvalue weighted by molar-refractivity contribution is 6.13. The van der Waals surface area contributed by atoms with Crippen molar-refractivity contribution < 1.29 is 4.79 Å². The largest absolute Gasteiger partial charge is 0.382 e. The summed E-state index contributed by atoms with van der Waals surface area (Å²) in [5.41, 5.74) is 2.26. The van der Waals surface area contributed by atoms with E-state index in [0.29, 0.717) is 22.9 Å². The van der Waals surface area contributed by atoms with Gasteiger partial charge in [-0.1, -0.05) is 6.07 Å². The number of benzene rings is 1. The van der Waals surface area contributed by atoms with Gasteiger partial charge in [-0.25, -0.2) is 4.98 Å². The Morgan fingerprint density at radius 3 is 2.59 bits per heavy atom. The van der Waals surface area contributed by atoms with Crippen LogP contribution in [0.25, 0.3) is 10.9 Å². The molecule has 4 rings (SSSR count). The van der Waals surface area contributed by atoms with E-state index in [2.05, 4.69) is 25.9 Å². The van der Waals surface area contributed by atoms with E-state index in [1.165, 1.54) is 0 Å². The molecule has 3 heterocycles. The zero-order valence-electron chi connectivity index (χ0n) is 14.8. The highest BCUT2D eigenvalue weighted by Gasteiger charge is 2.17. The molecule has 1 aromatic carbocycles. The lowest BCUT2D eigenvalue weighted by Gasteiger charge is -2.25. The molecule has 1 fully saturated rings. The van der Waals surface area contributed by atoms with Crippen molar-refractivity contribution in [2.24, 2.45) is 0 Å². The van der Waals surface area contributed by atoms with Crippen LogP contribution in [0.3, 0.4) is 0 Å². The van der Waals surface area contributed by atoms with E-state index >= 15 is 0 Å². The van der Waals surface area contributed by atoms with Crippen molar-refractivity contribution >= 4 is 40.7 Å². The molecular weight excluding hydrogens is 362 g/mol. The number of hydrogen-bond acceptors (Lipinski definition) is 5. The number of nitrogens with zero attached hydrogens (tertiary/aromatic N) is 2. The molecule has 140 valence electrons. The van der Waals surface area contributed by atoms with Gasteiger partial charge in [0.15, 0.2) is 0 Å². The van der Waals surface area contributed by atoms with E-state index in [4.69, 9.17) is 0 Å². The van der Waals surface area contributed by atoms with Crippen LogP contribution in [0.2, 0.25) is 0 Å². The molecule has 1 aliphatic heterocycles. The normalized spacial score (nSPS) is 14.4. The van der Waals surface area contributed by atoms with Crippen LogP contribution >= 0.6 is 12.4 Å². The van der Waals surface area contributed by atoms with Crippen LogP contribution in [0.1, 0.15) is 23.2 Å². The third-order valence-electron chi connectivity index (χ3n) is 4.62. The van der Waals surface area contributed by atoms with Gasteiger partial charge in [-0.15, -0.1) is 12.4 Å². The Labute approximate surface area is 164 Å². The lowest BCUT2D eigenvalue weighted by molar-refractivity contribution is 0.102. The van der Waals surface area contributed by atoms with Crippen molar-refractivity contribution in [1.82, 2.24) is 15.3 Å². The Bertz CT molecular complexity index is 913. The van der Waals surface area contributed by atoms with Crippen molar-refractivity contribution in [3.8, 4) is 0 Å². The Balaban J connectivity index is 0.00000210. The monoisotopic (exact) mass is 383 g/mol.